The molecule has 0 aromatic heterocycles. The van der Waals surface area contributed by atoms with Gasteiger partial charge in [0.05, 0.1) is 24.8 Å². The second-order valence-corrected chi connectivity index (χ2v) is 5.40. The number of carbonyl (C=O) groups excluding carboxylic acids is 1. The van der Waals surface area contributed by atoms with Gasteiger partial charge in [0, 0.05) is 9.24 Å². The average molecular weight is 246 g/mol. The van der Waals surface area contributed by atoms with E-state index in [-0.39, 0.29) is 12.6 Å². The van der Waals surface area contributed by atoms with Gasteiger partial charge < -0.3 is 15.2 Å². The Bertz CT molecular complexity index is 339. The molecule has 0 bridgehead atoms. The molecule has 3 atom stereocenters. The molecule has 1 rings (SSSR count). The largest absolute Gasteiger partial charge is 0.444 e. The molecule has 1 aliphatic rings. The van der Waals surface area contributed by atoms with E-state index < -0.39 is 30.3 Å². The number of hydrogen-bond acceptors (Lipinski definition) is 4. The maximum atomic E-state index is 12.2. The summed E-state index contributed by atoms with van der Waals surface area (Å²) in [7, 11) is 0. The maximum absolute atomic E-state index is 12.2. The van der Waals surface area contributed by atoms with Crippen LogP contribution < -0.4 is 5.73 Å². The van der Waals surface area contributed by atoms with Gasteiger partial charge in [0.15, 0.2) is 0 Å². The first-order valence-corrected chi connectivity index (χ1v) is 5.86. The van der Waals surface area contributed by atoms with Gasteiger partial charge in [0.2, 0.25) is 0 Å². The zero-order valence-corrected chi connectivity index (χ0v) is 11.2. The van der Waals surface area contributed by atoms with Crippen molar-refractivity contribution in [2.45, 2.75) is 58.5 Å². The van der Waals surface area contributed by atoms with Crippen molar-refractivity contribution < 1.29 is 17.0 Å². The summed E-state index contributed by atoms with van der Waals surface area (Å²) in [6.07, 6.45) is -1.23. The lowest BCUT2D eigenvalue weighted by molar-refractivity contribution is -0.101. The minimum absolute atomic E-state index is 0.180. The third-order valence-electron chi connectivity index (χ3n) is 2.48. The molecule has 0 unspecified atom stereocenters. The topological polar surface area (TPSA) is 64.8 Å². The molecule has 1 heterocycles. The van der Waals surface area contributed by atoms with E-state index in [1.807, 2.05) is 6.92 Å². The van der Waals surface area contributed by atoms with Gasteiger partial charge in [-0.15, -0.1) is 0 Å². The van der Waals surface area contributed by atoms with Crippen molar-refractivity contribution in [1.82, 2.24) is 4.90 Å². The number of rotatable bonds is 1. The van der Waals surface area contributed by atoms with Crippen LogP contribution in [0.25, 0.3) is 0 Å². The molecule has 5 nitrogen and oxygen atoms in total. The highest BCUT2D eigenvalue weighted by Gasteiger charge is 2.36. The first kappa shape index (κ1) is 11.3. The van der Waals surface area contributed by atoms with Crippen LogP contribution in [0.4, 0.5) is 4.79 Å². The minimum Gasteiger partial charge on any atom is -0.444 e. The molecule has 17 heavy (non-hydrogen) atoms. The van der Waals surface area contributed by atoms with Crippen LogP contribution >= 0.6 is 0 Å². The first-order chi connectivity index (χ1) is 8.42. The fourth-order valence-corrected chi connectivity index (χ4v) is 1.86. The van der Waals surface area contributed by atoms with E-state index in [0.717, 1.165) is 0 Å². The van der Waals surface area contributed by atoms with E-state index in [1.165, 1.54) is 4.90 Å². The summed E-state index contributed by atoms with van der Waals surface area (Å²) in [4.78, 5) is 13.5. The van der Waals surface area contributed by atoms with E-state index in [2.05, 4.69) is 0 Å². The Morgan fingerprint density at radius 3 is 2.65 bits per heavy atom. The summed E-state index contributed by atoms with van der Waals surface area (Å²) in [6, 6.07) is -0.862. The van der Waals surface area contributed by atoms with Crippen molar-refractivity contribution in [2.24, 2.45) is 5.73 Å². The Morgan fingerprint density at radius 2 is 2.18 bits per heavy atom. The predicted molar refractivity (Wildman–Crippen MR) is 65.8 cm³/mol. The molecule has 0 spiro atoms. The molecular weight excluding hydrogens is 220 g/mol. The smallest absolute Gasteiger partial charge is 0.410 e. The highest BCUT2D eigenvalue weighted by molar-refractivity contribution is 5.69. The normalized spacial score (nSPS) is 32.8. The summed E-state index contributed by atoms with van der Waals surface area (Å²) in [5, 5.41) is 0. The van der Waals surface area contributed by atoms with Crippen LogP contribution in [0.5, 0.6) is 0 Å². The first-order valence-electron chi connectivity index (χ1n) is 6.86. The Hall–Kier alpha value is -0.810. The number of nitrogens with zero attached hydrogens (tertiary/aromatic N) is 1. The van der Waals surface area contributed by atoms with E-state index in [4.69, 9.17) is 17.9 Å². The average Bonchev–Trinajstić information content (AvgIpc) is 2.10. The molecule has 1 fully saturated rings. The zero-order valence-electron chi connectivity index (χ0n) is 13.2. The molecular formula is C12H24N2O3. The molecule has 1 aliphatic heterocycles. The molecule has 0 radical (unpaired) electrons. The van der Waals surface area contributed by atoms with E-state index in [0.29, 0.717) is 0 Å². The fraction of sp³-hybridized carbons (Fsp3) is 0.917. The molecule has 1 saturated heterocycles. The Morgan fingerprint density at radius 1 is 1.59 bits per heavy atom. The lowest BCUT2D eigenvalue weighted by atomic mass is 10.1. The molecule has 0 saturated carbocycles. The molecule has 0 aromatic carbocycles. The maximum Gasteiger partial charge on any atom is 0.410 e. The van der Waals surface area contributed by atoms with Crippen LogP contribution in [0.2, 0.25) is 0 Å². The molecule has 0 aliphatic carbocycles. The second-order valence-electron chi connectivity index (χ2n) is 5.40. The number of hydrogen-bond donors (Lipinski definition) is 1. The van der Waals surface area contributed by atoms with Crippen molar-refractivity contribution in [3.05, 3.63) is 0 Å². The highest BCUT2D eigenvalue weighted by atomic mass is 16.6. The SMILES string of the molecule is [2H]C([2H])(N)[C@@H]1[C@H](C)O[C@H](C)CN1C(=O)OC(C)(C)C. The highest BCUT2D eigenvalue weighted by Crippen LogP contribution is 2.20. The van der Waals surface area contributed by atoms with Crippen LogP contribution in [0.3, 0.4) is 0 Å². The monoisotopic (exact) mass is 246 g/mol. The van der Waals surface area contributed by atoms with Crippen LogP contribution in [-0.4, -0.2) is 47.9 Å². The van der Waals surface area contributed by atoms with Gasteiger partial charge in [-0.05, 0) is 34.6 Å². The van der Waals surface area contributed by atoms with Crippen molar-refractivity contribution in [3.8, 4) is 0 Å². The number of ether oxygens (including phenoxy) is 2. The molecule has 5 heteroatoms. The van der Waals surface area contributed by atoms with Gasteiger partial charge in [0.1, 0.15) is 5.60 Å². The van der Waals surface area contributed by atoms with Gasteiger partial charge in [-0.2, -0.15) is 0 Å². The van der Waals surface area contributed by atoms with Crippen LogP contribution in [0.15, 0.2) is 0 Å². The molecule has 2 N–H and O–H groups in total. The Kier molecular flexibility index (Phi) is 3.47. The third kappa shape index (κ3) is 3.85. The van der Waals surface area contributed by atoms with E-state index in [1.54, 1.807) is 27.7 Å². The Labute approximate surface area is 106 Å². The molecule has 100 valence electrons. The fourth-order valence-electron chi connectivity index (χ4n) is 1.86. The summed E-state index contributed by atoms with van der Waals surface area (Å²) in [5.41, 5.74) is 4.91. The molecule has 1 amide bonds. The number of nitrogens with two attached hydrogens (primary N) is 1. The number of morpholine rings is 1. The molecule has 0 aromatic rings. The van der Waals surface area contributed by atoms with Crippen molar-refractivity contribution in [3.63, 3.8) is 0 Å². The van der Waals surface area contributed by atoms with Gasteiger partial charge in [-0.25, -0.2) is 4.79 Å². The zero-order chi connectivity index (χ0) is 15.0. The summed E-state index contributed by atoms with van der Waals surface area (Å²) in [6.45, 7) is 7.06. The third-order valence-corrected chi connectivity index (χ3v) is 2.48. The van der Waals surface area contributed by atoms with Crippen LogP contribution in [0, 0.1) is 0 Å². The second kappa shape index (κ2) is 5.23. The van der Waals surface area contributed by atoms with Crippen LogP contribution in [-0.2, 0) is 9.47 Å². The summed E-state index contributed by atoms with van der Waals surface area (Å²) >= 11 is 0. The van der Waals surface area contributed by atoms with Crippen molar-refractivity contribution in [1.29, 1.82) is 0 Å². The lowest BCUT2D eigenvalue weighted by Crippen LogP contribution is -2.59. The quantitative estimate of drug-likeness (QED) is 0.758. The van der Waals surface area contributed by atoms with Crippen molar-refractivity contribution >= 4 is 6.09 Å². The minimum atomic E-state index is -2.05. The van der Waals surface area contributed by atoms with E-state index in [9.17, 15) is 4.79 Å². The number of amides is 1. The summed E-state index contributed by atoms with van der Waals surface area (Å²) in [5.74, 6) is 0. The van der Waals surface area contributed by atoms with Gasteiger partial charge >= 0.3 is 6.09 Å². The van der Waals surface area contributed by atoms with Gasteiger partial charge in [-0.1, -0.05) is 0 Å². The standard InChI is InChI=1S/C12H24N2O3/c1-8-7-14(10(6-13)9(2)16-8)11(15)17-12(3,4)5/h8-10H,6-7,13H2,1-5H3/t8-,9+,10-/m1/s1/i6D2. The van der Waals surface area contributed by atoms with Crippen molar-refractivity contribution in [2.75, 3.05) is 13.0 Å². The number of carbonyl (C=O) groups is 1. The summed E-state index contributed by atoms with van der Waals surface area (Å²) < 4.78 is 26.3. The van der Waals surface area contributed by atoms with E-state index >= 15 is 0 Å². The van der Waals surface area contributed by atoms with Crippen LogP contribution in [0.1, 0.15) is 37.4 Å². The Balaban J connectivity index is 2.95. The lowest BCUT2D eigenvalue weighted by Gasteiger charge is -2.42. The van der Waals surface area contributed by atoms with Gasteiger partial charge in [-0.3, -0.25) is 4.90 Å². The van der Waals surface area contributed by atoms with Gasteiger partial charge in [0.25, 0.3) is 0 Å². The predicted octanol–water partition coefficient (Wildman–Crippen LogP) is 1.36.